The zero-order valence-electron chi connectivity index (χ0n) is 12.5. The van der Waals surface area contributed by atoms with Crippen molar-refractivity contribution in [2.24, 2.45) is 0 Å². The van der Waals surface area contributed by atoms with Crippen molar-refractivity contribution in [3.05, 3.63) is 12.0 Å². The summed E-state index contributed by atoms with van der Waals surface area (Å²) >= 11 is 0. The van der Waals surface area contributed by atoms with E-state index < -0.39 is 0 Å². The van der Waals surface area contributed by atoms with Gasteiger partial charge in [0, 0.05) is 25.2 Å². The second-order valence-corrected chi connectivity index (χ2v) is 5.79. The molecule has 4 nitrogen and oxygen atoms in total. The molecule has 0 amide bonds. The number of anilines is 1. The van der Waals surface area contributed by atoms with Gasteiger partial charge in [-0.25, -0.2) is 0 Å². The molecule has 1 unspecified atom stereocenters. The molecule has 0 radical (unpaired) electrons. The first-order chi connectivity index (χ1) is 9.20. The minimum atomic E-state index is 0.475. The molecule has 1 aliphatic rings. The van der Waals surface area contributed by atoms with E-state index in [4.69, 9.17) is 4.42 Å². The van der Waals surface area contributed by atoms with Crippen LogP contribution in [0.1, 0.15) is 58.6 Å². The van der Waals surface area contributed by atoms with Gasteiger partial charge < -0.3 is 14.6 Å². The first-order valence-corrected chi connectivity index (χ1v) is 7.65. The zero-order valence-corrected chi connectivity index (χ0v) is 12.5. The fraction of sp³-hybridized carbons (Fsp3) is 0.800. The maximum atomic E-state index is 5.69. The van der Waals surface area contributed by atoms with Crippen LogP contribution in [0, 0.1) is 0 Å². The summed E-state index contributed by atoms with van der Waals surface area (Å²) in [5.41, 5.74) is 1.00. The average Bonchev–Trinajstić information content (AvgIpc) is 2.86. The van der Waals surface area contributed by atoms with E-state index >= 15 is 0 Å². The van der Waals surface area contributed by atoms with E-state index in [2.05, 4.69) is 36.0 Å². The lowest BCUT2D eigenvalue weighted by Gasteiger charge is -2.34. The average molecular weight is 265 g/mol. The summed E-state index contributed by atoms with van der Waals surface area (Å²) in [6, 6.07) is 1.91. The van der Waals surface area contributed by atoms with E-state index in [1.165, 1.54) is 32.1 Å². The molecule has 1 aromatic heterocycles. The smallest absolute Gasteiger partial charge is 0.297 e. The lowest BCUT2D eigenvalue weighted by molar-refractivity contribution is 0.399. The van der Waals surface area contributed by atoms with E-state index in [0.29, 0.717) is 12.1 Å². The molecule has 0 saturated carbocycles. The van der Waals surface area contributed by atoms with Crippen LogP contribution in [0.3, 0.4) is 0 Å². The number of hydrogen-bond donors (Lipinski definition) is 1. The fourth-order valence-corrected chi connectivity index (χ4v) is 2.70. The molecule has 2 heterocycles. The molecule has 108 valence electrons. The largest absolute Gasteiger partial charge is 0.432 e. The molecule has 1 atom stereocenters. The molecule has 0 bridgehead atoms. The number of hydrogen-bond acceptors (Lipinski definition) is 4. The Hall–Kier alpha value is -1.03. The highest BCUT2D eigenvalue weighted by Gasteiger charge is 2.25. The Bertz CT molecular complexity index is 373. The summed E-state index contributed by atoms with van der Waals surface area (Å²) in [4.78, 5) is 7.00. The highest BCUT2D eigenvalue weighted by molar-refractivity contribution is 5.30. The highest BCUT2D eigenvalue weighted by atomic mass is 16.4. The van der Waals surface area contributed by atoms with Gasteiger partial charge in [0.25, 0.3) is 6.01 Å². The Balaban J connectivity index is 1.99. The van der Waals surface area contributed by atoms with Gasteiger partial charge in [-0.05, 0) is 25.7 Å². The maximum Gasteiger partial charge on any atom is 0.297 e. The van der Waals surface area contributed by atoms with Gasteiger partial charge in [0.05, 0.1) is 5.69 Å². The highest BCUT2D eigenvalue weighted by Crippen LogP contribution is 2.26. The molecule has 4 heteroatoms. The Morgan fingerprint density at radius 3 is 3.05 bits per heavy atom. The first-order valence-electron chi connectivity index (χ1n) is 7.65. The molecule has 1 N–H and O–H groups in total. The van der Waals surface area contributed by atoms with Gasteiger partial charge >= 0.3 is 0 Å². The predicted molar refractivity (Wildman–Crippen MR) is 78.4 cm³/mol. The molecule has 0 aliphatic carbocycles. The van der Waals surface area contributed by atoms with Crippen molar-refractivity contribution in [2.75, 3.05) is 11.4 Å². The van der Waals surface area contributed by atoms with Gasteiger partial charge in [-0.15, -0.1) is 0 Å². The number of aromatic nitrogens is 1. The summed E-state index contributed by atoms with van der Waals surface area (Å²) < 4.78 is 5.69. The Kier molecular flexibility index (Phi) is 5.25. The summed E-state index contributed by atoms with van der Waals surface area (Å²) in [7, 11) is 0. The zero-order chi connectivity index (χ0) is 13.7. The molecule has 19 heavy (non-hydrogen) atoms. The van der Waals surface area contributed by atoms with Crippen LogP contribution in [0.25, 0.3) is 0 Å². The van der Waals surface area contributed by atoms with Crippen LogP contribution >= 0.6 is 0 Å². The van der Waals surface area contributed by atoms with E-state index in [1.54, 1.807) is 6.26 Å². The Morgan fingerprint density at radius 2 is 2.32 bits per heavy atom. The summed E-state index contributed by atoms with van der Waals surface area (Å²) in [5.74, 6) is 0. The predicted octanol–water partition coefficient (Wildman–Crippen LogP) is 3.33. The first kappa shape index (κ1) is 14.4. The number of nitrogens with zero attached hydrogens (tertiary/aromatic N) is 2. The van der Waals surface area contributed by atoms with Crippen molar-refractivity contribution in [3.63, 3.8) is 0 Å². The molecular formula is C15H27N3O. The van der Waals surface area contributed by atoms with Crippen molar-refractivity contribution in [1.82, 2.24) is 10.3 Å². The van der Waals surface area contributed by atoms with Gasteiger partial charge in [0.1, 0.15) is 6.26 Å². The lowest BCUT2D eigenvalue weighted by atomic mass is 9.99. The van der Waals surface area contributed by atoms with Crippen LogP contribution in [0.5, 0.6) is 0 Å². The normalized spacial score (nSPS) is 20.2. The third-order valence-electron chi connectivity index (χ3n) is 3.73. The standard InChI is InChI=1S/C15H27N3O/c1-4-7-14-8-5-6-9-18(14)15-17-13(11-19-15)10-16-12(2)3/h11-12,14,16H,4-10H2,1-3H3. The number of oxazole rings is 1. The molecule has 1 aliphatic heterocycles. The van der Waals surface area contributed by atoms with Crippen molar-refractivity contribution < 1.29 is 4.42 Å². The topological polar surface area (TPSA) is 41.3 Å². The van der Waals surface area contributed by atoms with Crippen molar-refractivity contribution in [1.29, 1.82) is 0 Å². The second-order valence-electron chi connectivity index (χ2n) is 5.79. The summed E-state index contributed by atoms with van der Waals surface area (Å²) in [5, 5.41) is 3.37. The van der Waals surface area contributed by atoms with E-state index in [1.807, 2.05) is 0 Å². The Morgan fingerprint density at radius 1 is 1.47 bits per heavy atom. The van der Waals surface area contributed by atoms with Crippen LogP contribution in [0.15, 0.2) is 10.7 Å². The van der Waals surface area contributed by atoms with Crippen LogP contribution in [0.2, 0.25) is 0 Å². The van der Waals surface area contributed by atoms with Gasteiger partial charge in [-0.1, -0.05) is 27.2 Å². The molecule has 1 saturated heterocycles. The monoisotopic (exact) mass is 265 g/mol. The van der Waals surface area contributed by atoms with Gasteiger partial charge in [0.15, 0.2) is 0 Å². The SMILES string of the molecule is CCCC1CCCCN1c1nc(CNC(C)C)co1. The molecular weight excluding hydrogens is 238 g/mol. The van der Waals surface area contributed by atoms with E-state index in [-0.39, 0.29) is 0 Å². The molecule has 1 fully saturated rings. The van der Waals surface area contributed by atoms with Crippen LogP contribution in [0.4, 0.5) is 6.01 Å². The Labute approximate surface area is 116 Å². The van der Waals surface area contributed by atoms with Crippen LogP contribution in [-0.2, 0) is 6.54 Å². The fourth-order valence-electron chi connectivity index (χ4n) is 2.70. The number of rotatable bonds is 6. The maximum absolute atomic E-state index is 5.69. The molecule has 0 aromatic carbocycles. The van der Waals surface area contributed by atoms with Crippen molar-refractivity contribution in [2.45, 2.75) is 71.5 Å². The third kappa shape index (κ3) is 3.96. The van der Waals surface area contributed by atoms with Crippen molar-refractivity contribution in [3.8, 4) is 0 Å². The van der Waals surface area contributed by atoms with E-state index in [9.17, 15) is 0 Å². The second kappa shape index (κ2) is 6.94. The minimum Gasteiger partial charge on any atom is -0.432 e. The summed E-state index contributed by atoms with van der Waals surface area (Å²) in [6.07, 6.45) is 8.12. The molecule has 1 aromatic rings. The minimum absolute atomic E-state index is 0.475. The molecule has 2 rings (SSSR count). The van der Waals surface area contributed by atoms with Gasteiger partial charge in [0.2, 0.25) is 0 Å². The van der Waals surface area contributed by atoms with Crippen LogP contribution < -0.4 is 10.2 Å². The van der Waals surface area contributed by atoms with Crippen LogP contribution in [-0.4, -0.2) is 23.6 Å². The van der Waals surface area contributed by atoms with Gasteiger partial charge in [-0.2, -0.15) is 4.98 Å². The number of nitrogens with one attached hydrogen (secondary N) is 1. The quantitative estimate of drug-likeness (QED) is 0.856. The molecule has 0 spiro atoms. The van der Waals surface area contributed by atoms with Crippen molar-refractivity contribution >= 4 is 6.01 Å². The van der Waals surface area contributed by atoms with Gasteiger partial charge in [-0.3, -0.25) is 0 Å². The van der Waals surface area contributed by atoms with E-state index in [0.717, 1.165) is 24.8 Å². The summed E-state index contributed by atoms with van der Waals surface area (Å²) in [6.45, 7) is 8.40. The number of piperidine rings is 1. The lowest BCUT2D eigenvalue weighted by Crippen LogP contribution is -2.39. The third-order valence-corrected chi connectivity index (χ3v) is 3.73.